The van der Waals surface area contributed by atoms with Gasteiger partial charge in [-0.3, -0.25) is 9.59 Å². The largest absolute Gasteiger partial charge is 0.480 e. The molecular weight excluding hydrogens is 312 g/mol. The van der Waals surface area contributed by atoms with Crippen molar-refractivity contribution >= 4 is 17.8 Å². The van der Waals surface area contributed by atoms with Gasteiger partial charge in [0.15, 0.2) is 5.76 Å². The van der Waals surface area contributed by atoms with E-state index in [4.69, 9.17) is 4.42 Å². The van der Waals surface area contributed by atoms with Gasteiger partial charge in [0, 0.05) is 0 Å². The third-order valence-corrected chi connectivity index (χ3v) is 4.46. The van der Waals surface area contributed by atoms with E-state index in [1.807, 2.05) is 0 Å². The van der Waals surface area contributed by atoms with Crippen molar-refractivity contribution in [3.8, 4) is 0 Å². The Morgan fingerprint density at radius 2 is 1.88 bits per heavy atom. The van der Waals surface area contributed by atoms with Crippen molar-refractivity contribution in [3.63, 3.8) is 0 Å². The number of hydrogen-bond acceptors (Lipinski definition) is 4. The average Bonchev–Trinajstić information content (AvgIpc) is 3.07. The Morgan fingerprint density at radius 1 is 1.21 bits per heavy atom. The molecule has 0 radical (unpaired) electrons. The Kier molecular flexibility index (Phi) is 5.64. The lowest BCUT2D eigenvalue weighted by Crippen LogP contribution is -2.62. The molecule has 3 N–H and O–H groups in total. The highest BCUT2D eigenvalue weighted by Crippen LogP contribution is 2.29. The number of carbonyl (C=O) groups excluding carboxylic acids is 2. The standard InChI is InChI=1S/C17H24N2O5/c1-11(2)13(15(21)22)18-16(23)17(8-4-3-5-9-17)19-14(20)12-7-6-10-24-12/h6-7,10-11,13H,3-5,8-9H2,1-2H3,(H,18,23)(H,19,20)(H,21,22). The molecule has 1 aliphatic carbocycles. The van der Waals surface area contributed by atoms with E-state index in [0.29, 0.717) is 12.8 Å². The van der Waals surface area contributed by atoms with Gasteiger partial charge in [-0.2, -0.15) is 0 Å². The molecule has 1 atom stereocenters. The van der Waals surface area contributed by atoms with Gasteiger partial charge in [-0.15, -0.1) is 0 Å². The lowest BCUT2D eigenvalue weighted by molar-refractivity contribution is -0.144. The number of hydrogen-bond donors (Lipinski definition) is 3. The van der Waals surface area contributed by atoms with E-state index in [9.17, 15) is 19.5 Å². The number of furan rings is 1. The molecule has 1 aromatic heterocycles. The maximum Gasteiger partial charge on any atom is 0.326 e. The molecule has 0 aliphatic heterocycles. The first kappa shape index (κ1) is 18.0. The normalized spacial score (nSPS) is 18.0. The molecule has 7 heteroatoms. The van der Waals surface area contributed by atoms with E-state index in [1.165, 1.54) is 12.3 Å². The third kappa shape index (κ3) is 3.96. The first-order chi connectivity index (χ1) is 11.4. The van der Waals surface area contributed by atoms with Crippen LogP contribution in [0.3, 0.4) is 0 Å². The second-order valence-electron chi connectivity index (χ2n) is 6.61. The summed E-state index contributed by atoms with van der Waals surface area (Å²) in [6, 6.07) is 2.14. The molecule has 1 aromatic rings. The molecule has 1 fully saturated rings. The van der Waals surface area contributed by atoms with Crippen LogP contribution in [0.15, 0.2) is 22.8 Å². The fourth-order valence-electron chi connectivity index (χ4n) is 3.04. The summed E-state index contributed by atoms with van der Waals surface area (Å²) in [5, 5.41) is 14.7. The molecular formula is C17H24N2O5. The number of aliphatic carboxylic acids is 1. The molecule has 1 unspecified atom stereocenters. The van der Waals surface area contributed by atoms with Gasteiger partial charge in [0.2, 0.25) is 5.91 Å². The van der Waals surface area contributed by atoms with Crippen LogP contribution in [-0.2, 0) is 9.59 Å². The van der Waals surface area contributed by atoms with E-state index in [2.05, 4.69) is 10.6 Å². The number of rotatable bonds is 6. The minimum absolute atomic E-state index is 0.131. The number of carbonyl (C=O) groups is 3. The molecule has 1 saturated carbocycles. The van der Waals surface area contributed by atoms with Crippen LogP contribution in [0.25, 0.3) is 0 Å². The second-order valence-corrected chi connectivity index (χ2v) is 6.61. The van der Waals surface area contributed by atoms with Gasteiger partial charge < -0.3 is 20.2 Å². The number of amides is 2. The van der Waals surface area contributed by atoms with E-state index in [-0.39, 0.29) is 11.7 Å². The summed E-state index contributed by atoms with van der Waals surface area (Å²) in [5.74, 6) is -2.11. The molecule has 7 nitrogen and oxygen atoms in total. The highest BCUT2D eigenvalue weighted by molar-refractivity contribution is 5.98. The lowest BCUT2D eigenvalue weighted by Gasteiger charge is -2.37. The average molecular weight is 336 g/mol. The predicted octanol–water partition coefficient (Wildman–Crippen LogP) is 1.94. The summed E-state index contributed by atoms with van der Waals surface area (Å²) in [7, 11) is 0. The van der Waals surface area contributed by atoms with Crippen molar-refractivity contribution in [1.82, 2.24) is 10.6 Å². The third-order valence-electron chi connectivity index (χ3n) is 4.46. The van der Waals surface area contributed by atoms with E-state index < -0.39 is 29.4 Å². The summed E-state index contributed by atoms with van der Waals surface area (Å²) in [4.78, 5) is 36.5. The molecule has 2 amide bonds. The summed E-state index contributed by atoms with van der Waals surface area (Å²) in [6.45, 7) is 3.46. The van der Waals surface area contributed by atoms with Crippen LogP contribution < -0.4 is 10.6 Å². The van der Waals surface area contributed by atoms with Crippen LogP contribution in [0.5, 0.6) is 0 Å². The van der Waals surface area contributed by atoms with Gasteiger partial charge in [0.05, 0.1) is 6.26 Å². The molecule has 0 aromatic carbocycles. The molecule has 0 saturated heterocycles. The van der Waals surface area contributed by atoms with E-state index >= 15 is 0 Å². The summed E-state index contributed by atoms with van der Waals surface area (Å²) < 4.78 is 5.08. The van der Waals surface area contributed by atoms with Crippen LogP contribution in [0.1, 0.15) is 56.5 Å². The molecule has 1 aliphatic rings. The van der Waals surface area contributed by atoms with Crippen molar-refractivity contribution in [2.75, 3.05) is 0 Å². The zero-order chi connectivity index (χ0) is 17.7. The summed E-state index contributed by atoms with van der Waals surface area (Å²) in [6.07, 6.45) is 4.93. The Balaban J connectivity index is 2.18. The Bertz CT molecular complexity index is 588. The van der Waals surface area contributed by atoms with Crippen molar-refractivity contribution in [3.05, 3.63) is 24.2 Å². The molecule has 1 heterocycles. The SMILES string of the molecule is CC(C)C(NC(=O)C1(NC(=O)c2ccco2)CCCCC1)C(=O)O. The van der Waals surface area contributed by atoms with Crippen LogP contribution in [-0.4, -0.2) is 34.5 Å². The molecule has 0 spiro atoms. The van der Waals surface area contributed by atoms with E-state index in [0.717, 1.165) is 19.3 Å². The van der Waals surface area contributed by atoms with Gasteiger partial charge in [0.1, 0.15) is 11.6 Å². The maximum atomic E-state index is 12.8. The number of carboxylic acids is 1. The number of nitrogens with one attached hydrogen (secondary N) is 2. The second kappa shape index (κ2) is 7.51. The summed E-state index contributed by atoms with van der Waals surface area (Å²) in [5.41, 5.74) is -1.09. The molecule has 2 rings (SSSR count). The first-order valence-corrected chi connectivity index (χ1v) is 8.25. The van der Waals surface area contributed by atoms with Crippen LogP contribution >= 0.6 is 0 Å². The van der Waals surface area contributed by atoms with Crippen LogP contribution in [0.4, 0.5) is 0 Å². The predicted molar refractivity (Wildman–Crippen MR) is 86.4 cm³/mol. The fourth-order valence-corrected chi connectivity index (χ4v) is 3.04. The Morgan fingerprint density at radius 3 is 2.38 bits per heavy atom. The van der Waals surface area contributed by atoms with Gasteiger partial charge in [-0.25, -0.2) is 4.79 Å². The van der Waals surface area contributed by atoms with Crippen LogP contribution in [0.2, 0.25) is 0 Å². The monoisotopic (exact) mass is 336 g/mol. The zero-order valence-electron chi connectivity index (χ0n) is 14.0. The minimum atomic E-state index is -1.09. The molecule has 132 valence electrons. The highest BCUT2D eigenvalue weighted by atomic mass is 16.4. The van der Waals surface area contributed by atoms with E-state index in [1.54, 1.807) is 19.9 Å². The minimum Gasteiger partial charge on any atom is -0.480 e. The van der Waals surface area contributed by atoms with Crippen molar-refractivity contribution in [1.29, 1.82) is 0 Å². The highest BCUT2D eigenvalue weighted by Gasteiger charge is 2.43. The van der Waals surface area contributed by atoms with Crippen LogP contribution in [0, 0.1) is 5.92 Å². The van der Waals surface area contributed by atoms with Gasteiger partial charge in [-0.05, 0) is 30.9 Å². The lowest BCUT2D eigenvalue weighted by atomic mass is 9.80. The smallest absolute Gasteiger partial charge is 0.326 e. The molecule has 24 heavy (non-hydrogen) atoms. The Hall–Kier alpha value is -2.31. The maximum absolute atomic E-state index is 12.8. The van der Waals surface area contributed by atoms with Gasteiger partial charge in [0.25, 0.3) is 5.91 Å². The topological polar surface area (TPSA) is 109 Å². The Labute approximate surface area is 140 Å². The van der Waals surface area contributed by atoms with Gasteiger partial charge >= 0.3 is 5.97 Å². The van der Waals surface area contributed by atoms with Crippen molar-refractivity contribution in [2.45, 2.75) is 57.5 Å². The fraction of sp³-hybridized carbons (Fsp3) is 0.588. The number of carboxylic acid groups (broad SMARTS) is 1. The summed E-state index contributed by atoms with van der Waals surface area (Å²) >= 11 is 0. The first-order valence-electron chi connectivity index (χ1n) is 8.25. The quantitative estimate of drug-likeness (QED) is 0.735. The zero-order valence-corrected chi connectivity index (χ0v) is 14.0. The van der Waals surface area contributed by atoms with Crippen molar-refractivity contribution in [2.24, 2.45) is 5.92 Å². The van der Waals surface area contributed by atoms with Gasteiger partial charge in [-0.1, -0.05) is 33.1 Å². The van der Waals surface area contributed by atoms with Crippen molar-refractivity contribution < 1.29 is 23.9 Å². The molecule has 0 bridgehead atoms.